The van der Waals surface area contributed by atoms with Crippen molar-refractivity contribution in [3.05, 3.63) is 18.3 Å². The molecule has 1 aromatic heterocycles. The van der Waals surface area contributed by atoms with E-state index in [1.54, 1.807) is 0 Å². The van der Waals surface area contributed by atoms with Crippen LogP contribution in [0.4, 0.5) is 8.78 Å². The molecule has 0 bridgehead atoms. The lowest BCUT2D eigenvalue weighted by Crippen LogP contribution is -2.30. The summed E-state index contributed by atoms with van der Waals surface area (Å²) in [7, 11) is -1.72. The lowest BCUT2D eigenvalue weighted by molar-refractivity contribution is -0.0528. The molecule has 0 radical (unpaired) electrons. The summed E-state index contributed by atoms with van der Waals surface area (Å²) in [6, 6.07) is 2.31. The zero-order chi connectivity index (χ0) is 9.84. The van der Waals surface area contributed by atoms with Crippen molar-refractivity contribution in [3.63, 3.8) is 0 Å². The van der Waals surface area contributed by atoms with E-state index in [2.05, 4.69) is 9.72 Å². The summed E-state index contributed by atoms with van der Waals surface area (Å²) in [5, 5.41) is 17.3. The first kappa shape index (κ1) is 9.88. The molecule has 1 rings (SSSR count). The molecule has 0 aromatic carbocycles. The van der Waals surface area contributed by atoms with Crippen molar-refractivity contribution in [3.8, 4) is 5.88 Å². The summed E-state index contributed by atoms with van der Waals surface area (Å²) >= 11 is 0. The zero-order valence-corrected chi connectivity index (χ0v) is 6.39. The SMILES string of the molecule is OB(O)c1ccnc(OC(F)F)c1. The molecule has 0 aliphatic carbocycles. The topological polar surface area (TPSA) is 62.6 Å². The van der Waals surface area contributed by atoms with Crippen molar-refractivity contribution in [1.29, 1.82) is 0 Å². The van der Waals surface area contributed by atoms with Crippen LogP contribution in [0.3, 0.4) is 0 Å². The van der Waals surface area contributed by atoms with Crippen LogP contribution in [0.5, 0.6) is 5.88 Å². The molecule has 2 N–H and O–H groups in total. The smallest absolute Gasteiger partial charge is 0.423 e. The minimum Gasteiger partial charge on any atom is -0.423 e. The first-order valence-electron chi connectivity index (χ1n) is 3.36. The second-order valence-corrected chi connectivity index (χ2v) is 2.18. The maximum atomic E-state index is 11.7. The maximum Gasteiger partial charge on any atom is 0.488 e. The number of pyridine rings is 1. The van der Waals surface area contributed by atoms with Gasteiger partial charge in [0.05, 0.1) is 0 Å². The number of hydrogen-bond acceptors (Lipinski definition) is 4. The van der Waals surface area contributed by atoms with Crippen LogP contribution in [-0.2, 0) is 0 Å². The minimum atomic E-state index is -2.97. The average molecular weight is 189 g/mol. The van der Waals surface area contributed by atoms with Crippen molar-refractivity contribution < 1.29 is 23.6 Å². The van der Waals surface area contributed by atoms with Gasteiger partial charge in [-0.3, -0.25) is 0 Å². The highest BCUT2D eigenvalue weighted by atomic mass is 19.3. The third-order valence-electron chi connectivity index (χ3n) is 1.27. The van der Waals surface area contributed by atoms with Gasteiger partial charge in [0, 0.05) is 12.3 Å². The van der Waals surface area contributed by atoms with Gasteiger partial charge in [0.25, 0.3) is 0 Å². The van der Waals surface area contributed by atoms with Gasteiger partial charge < -0.3 is 14.8 Å². The average Bonchev–Trinajstić information content (AvgIpc) is 2.03. The van der Waals surface area contributed by atoms with E-state index in [4.69, 9.17) is 10.0 Å². The van der Waals surface area contributed by atoms with Gasteiger partial charge in [0.1, 0.15) is 0 Å². The van der Waals surface area contributed by atoms with Crippen LogP contribution in [0.1, 0.15) is 0 Å². The number of nitrogens with zero attached hydrogens (tertiary/aromatic N) is 1. The van der Waals surface area contributed by atoms with E-state index in [1.165, 1.54) is 6.07 Å². The quantitative estimate of drug-likeness (QED) is 0.621. The molecule has 0 amide bonds. The van der Waals surface area contributed by atoms with Crippen molar-refractivity contribution in [1.82, 2.24) is 4.98 Å². The van der Waals surface area contributed by atoms with Crippen LogP contribution >= 0.6 is 0 Å². The van der Waals surface area contributed by atoms with Crippen LogP contribution in [-0.4, -0.2) is 28.8 Å². The molecule has 4 nitrogen and oxygen atoms in total. The predicted octanol–water partition coefficient (Wildman–Crippen LogP) is -0.637. The fourth-order valence-electron chi connectivity index (χ4n) is 0.741. The Hall–Kier alpha value is -1.21. The van der Waals surface area contributed by atoms with Crippen LogP contribution in [0.2, 0.25) is 0 Å². The van der Waals surface area contributed by atoms with Crippen molar-refractivity contribution in [2.75, 3.05) is 0 Å². The lowest BCUT2D eigenvalue weighted by Gasteiger charge is -2.04. The largest absolute Gasteiger partial charge is 0.488 e. The second kappa shape index (κ2) is 4.15. The summed E-state index contributed by atoms with van der Waals surface area (Å²) in [5.74, 6) is -0.347. The second-order valence-electron chi connectivity index (χ2n) is 2.18. The molecule has 13 heavy (non-hydrogen) atoms. The lowest BCUT2D eigenvalue weighted by atomic mass is 9.81. The third-order valence-corrected chi connectivity index (χ3v) is 1.27. The molecule has 0 saturated carbocycles. The molecule has 0 aliphatic rings. The van der Waals surface area contributed by atoms with Crippen LogP contribution in [0.25, 0.3) is 0 Å². The first-order valence-corrected chi connectivity index (χ1v) is 3.36. The number of aromatic nitrogens is 1. The summed E-state index contributed by atoms with van der Waals surface area (Å²) in [6.07, 6.45) is 1.15. The summed E-state index contributed by atoms with van der Waals surface area (Å²) in [4.78, 5) is 3.44. The Bertz CT molecular complexity index is 284. The zero-order valence-electron chi connectivity index (χ0n) is 6.39. The molecule has 0 saturated heterocycles. The van der Waals surface area contributed by atoms with Crippen molar-refractivity contribution >= 4 is 12.6 Å². The number of alkyl halides is 2. The molecule has 0 unspecified atom stereocenters. The molecule has 0 atom stereocenters. The minimum absolute atomic E-state index is 0.0469. The standard InChI is InChI=1S/C6H6BF2NO3/c8-6(9)13-5-3-4(7(11)12)1-2-10-5/h1-3,6,11-12H. The van der Waals surface area contributed by atoms with Gasteiger partial charge in [-0.15, -0.1) is 0 Å². The highest BCUT2D eigenvalue weighted by Gasteiger charge is 2.13. The van der Waals surface area contributed by atoms with E-state index in [0.29, 0.717) is 0 Å². The molecular weight excluding hydrogens is 183 g/mol. The summed E-state index contributed by atoms with van der Waals surface area (Å²) in [6.45, 7) is -2.97. The van der Waals surface area contributed by atoms with Crippen LogP contribution < -0.4 is 10.2 Å². The van der Waals surface area contributed by atoms with Crippen molar-refractivity contribution in [2.24, 2.45) is 0 Å². The summed E-state index contributed by atoms with van der Waals surface area (Å²) in [5.41, 5.74) is 0.0469. The maximum absolute atomic E-state index is 11.7. The monoisotopic (exact) mass is 189 g/mol. The van der Waals surface area contributed by atoms with Gasteiger partial charge >= 0.3 is 13.7 Å². The highest BCUT2D eigenvalue weighted by molar-refractivity contribution is 6.58. The van der Waals surface area contributed by atoms with E-state index in [-0.39, 0.29) is 11.3 Å². The Morgan fingerprint density at radius 3 is 2.69 bits per heavy atom. The number of hydrogen-bond donors (Lipinski definition) is 2. The molecule has 70 valence electrons. The molecule has 7 heteroatoms. The van der Waals surface area contributed by atoms with Gasteiger partial charge in [0.2, 0.25) is 5.88 Å². The van der Waals surface area contributed by atoms with Gasteiger partial charge in [0.15, 0.2) is 0 Å². The van der Waals surface area contributed by atoms with E-state index in [1.807, 2.05) is 0 Å². The van der Waals surface area contributed by atoms with Crippen LogP contribution in [0.15, 0.2) is 18.3 Å². The fourth-order valence-corrected chi connectivity index (χ4v) is 0.741. The molecule has 0 aliphatic heterocycles. The van der Waals surface area contributed by atoms with Gasteiger partial charge in [-0.05, 0) is 11.5 Å². The molecule has 1 aromatic rings. The van der Waals surface area contributed by atoms with Gasteiger partial charge in [-0.25, -0.2) is 4.98 Å². The molecule has 0 spiro atoms. The highest BCUT2D eigenvalue weighted by Crippen LogP contribution is 2.06. The number of ether oxygens (including phenoxy) is 1. The Morgan fingerprint density at radius 1 is 1.46 bits per heavy atom. The Morgan fingerprint density at radius 2 is 2.15 bits per heavy atom. The van der Waals surface area contributed by atoms with E-state index in [0.717, 1.165) is 12.3 Å². The fraction of sp³-hybridized carbons (Fsp3) is 0.167. The molecule has 0 fully saturated rings. The predicted molar refractivity (Wildman–Crippen MR) is 40.7 cm³/mol. The summed E-state index contributed by atoms with van der Waals surface area (Å²) < 4.78 is 27.3. The first-order chi connectivity index (χ1) is 6.09. The van der Waals surface area contributed by atoms with E-state index >= 15 is 0 Å². The Kier molecular flexibility index (Phi) is 3.15. The van der Waals surface area contributed by atoms with E-state index < -0.39 is 13.7 Å². The molecular formula is C6H6BF2NO3. The number of rotatable bonds is 3. The van der Waals surface area contributed by atoms with Crippen LogP contribution in [0, 0.1) is 0 Å². The van der Waals surface area contributed by atoms with Crippen molar-refractivity contribution in [2.45, 2.75) is 6.61 Å². The van der Waals surface area contributed by atoms with Gasteiger partial charge in [-0.2, -0.15) is 8.78 Å². The third kappa shape index (κ3) is 2.96. The molecule has 1 heterocycles. The van der Waals surface area contributed by atoms with Gasteiger partial charge in [-0.1, -0.05) is 0 Å². The normalized spacial score (nSPS) is 10.2. The van der Waals surface area contributed by atoms with E-state index in [9.17, 15) is 8.78 Å². The number of halogens is 2. The Labute approximate surface area is 72.9 Å². The Balaban J connectivity index is 2.79.